The number of rotatable bonds is 2. The lowest BCUT2D eigenvalue weighted by atomic mass is 10.00. The Morgan fingerprint density at radius 2 is 2.00 bits per heavy atom. The van der Waals surface area contributed by atoms with E-state index in [1.807, 2.05) is 0 Å². The fourth-order valence-corrected chi connectivity index (χ4v) is 1.57. The zero-order valence-corrected chi connectivity index (χ0v) is 7.46. The van der Waals surface area contributed by atoms with E-state index in [0.717, 1.165) is 0 Å². The van der Waals surface area contributed by atoms with Gasteiger partial charge in [0, 0.05) is 12.2 Å². The summed E-state index contributed by atoms with van der Waals surface area (Å²) in [5, 5.41) is 0. The van der Waals surface area contributed by atoms with Crippen molar-refractivity contribution in [1.82, 2.24) is 0 Å². The van der Waals surface area contributed by atoms with Crippen molar-refractivity contribution in [3.05, 3.63) is 24.3 Å². The molecule has 5 heteroatoms. The predicted molar refractivity (Wildman–Crippen MR) is 45.2 cm³/mol. The Hall–Kier alpha value is -0.450. The second-order valence-corrected chi connectivity index (χ2v) is 3.80. The topological polar surface area (TPSA) is 0 Å². The summed E-state index contributed by atoms with van der Waals surface area (Å²) in [4.78, 5) is 0. The molecule has 0 aromatic carbocycles. The van der Waals surface area contributed by atoms with Gasteiger partial charge in [0.1, 0.15) is 5.67 Å². The number of allylic oxidation sites excluding steroid dienone is 4. The third-order valence-electron chi connectivity index (χ3n) is 1.58. The molecule has 0 aromatic rings. The fourth-order valence-electron chi connectivity index (χ4n) is 0.947. The van der Waals surface area contributed by atoms with Crippen LogP contribution in [0.4, 0.5) is 17.6 Å². The molecule has 0 N–H and O–H groups in total. The van der Waals surface area contributed by atoms with Crippen molar-refractivity contribution in [1.29, 1.82) is 0 Å². The van der Waals surface area contributed by atoms with E-state index in [1.54, 1.807) is 6.08 Å². The van der Waals surface area contributed by atoms with E-state index in [0.29, 0.717) is 0 Å². The zero-order valence-electron chi connectivity index (χ0n) is 6.64. The van der Waals surface area contributed by atoms with Crippen LogP contribution in [0.3, 0.4) is 0 Å². The Bertz CT molecular complexity index is 231. The average molecular weight is 212 g/mol. The van der Waals surface area contributed by atoms with Gasteiger partial charge in [0.25, 0.3) is 0 Å². The minimum Gasteiger partial charge on any atom is -0.238 e. The SMILES string of the molecule is FC1(CSC(F)(F)F)C=CC=CC1. The van der Waals surface area contributed by atoms with Gasteiger partial charge in [0.15, 0.2) is 0 Å². The van der Waals surface area contributed by atoms with Crippen LogP contribution >= 0.6 is 11.8 Å². The van der Waals surface area contributed by atoms with Crippen LogP contribution in [-0.4, -0.2) is 16.9 Å². The number of hydrogen-bond acceptors (Lipinski definition) is 1. The minimum atomic E-state index is -4.35. The van der Waals surface area contributed by atoms with Crippen LogP contribution in [0.15, 0.2) is 24.3 Å². The lowest BCUT2D eigenvalue weighted by molar-refractivity contribution is -0.0333. The molecular weight excluding hydrogens is 204 g/mol. The monoisotopic (exact) mass is 212 g/mol. The minimum absolute atomic E-state index is 0.0204. The maximum atomic E-state index is 13.4. The molecule has 1 rings (SSSR count). The first-order chi connectivity index (χ1) is 5.91. The predicted octanol–water partition coefficient (Wildman–Crippen LogP) is 3.46. The molecule has 74 valence electrons. The molecule has 1 unspecified atom stereocenters. The number of halogens is 4. The Labute approximate surface area is 77.7 Å². The first kappa shape index (κ1) is 10.6. The van der Waals surface area contributed by atoms with E-state index < -0.39 is 16.9 Å². The molecule has 0 saturated carbocycles. The van der Waals surface area contributed by atoms with Crippen LogP contribution in [0.1, 0.15) is 6.42 Å². The summed E-state index contributed by atoms with van der Waals surface area (Å²) in [6.45, 7) is 0. The largest absolute Gasteiger partial charge is 0.441 e. The summed E-state index contributed by atoms with van der Waals surface area (Å²) in [5.74, 6) is -0.572. The van der Waals surface area contributed by atoms with Gasteiger partial charge in [-0.25, -0.2) is 4.39 Å². The number of alkyl halides is 4. The van der Waals surface area contributed by atoms with Gasteiger partial charge in [-0.05, 0) is 17.8 Å². The molecule has 0 aliphatic heterocycles. The van der Waals surface area contributed by atoms with Crippen molar-refractivity contribution in [2.45, 2.75) is 17.6 Å². The van der Waals surface area contributed by atoms with Crippen LogP contribution < -0.4 is 0 Å². The summed E-state index contributed by atoms with van der Waals surface area (Å²) in [6.07, 6.45) is 5.77. The van der Waals surface area contributed by atoms with Gasteiger partial charge in [0.05, 0.1) is 0 Å². The third kappa shape index (κ3) is 3.85. The Balaban J connectivity index is 2.44. The molecule has 0 fully saturated rings. The molecule has 0 amide bonds. The van der Waals surface area contributed by atoms with E-state index in [4.69, 9.17) is 0 Å². The van der Waals surface area contributed by atoms with Gasteiger partial charge in [-0.1, -0.05) is 18.2 Å². The highest BCUT2D eigenvalue weighted by atomic mass is 32.2. The molecule has 1 aliphatic rings. The van der Waals surface area contributed by atoms with Crippen molar-refractivity contribution in [2.24, 2.45) is 0 Å². The first-order valence-electron chi connectivity index (χ1n) is 3.65. The molecule has 1 atom stereocenters. The molecule has 0 bridgehead atoms. The van der Waals surface area contributed by atoms with Crippen molar-refractivity contribution in [2.75, 3.05) is 5.75 Å². The van der Waals surface area contributed by atoms with Gasteiger partial charge < -0.3 is 0 Å². The van der Waals surface area contributed by atoms with E-state index in [-0.39, 0.29) is 18.2 Å². The normalized spacial score (nSPS) is 28.0. The van der Waals surface area contributed by atoms with Crippen molar-refractivity contribution in [3.63, 3.8) is 0 Å². The number of hydrogen-bond donors (Lipinski definition) is 0. The van der Waals surface area contributed by atoms with Gasteiger partial charge in [0.2, 0.25) is 0 Å². The Morgan fingerprint density at radius 3 is 2.46 bits per heavy atom. The van der Waals surface area contributed by atoms with Crippen LogP contribution in [0.5, 0.6) is 0 Å². The highest BCUT2D eigenvalue weighted by molar-refractivity contribution is 8.00. The number of thioether (sulfide) groups is 1. The van der Waals surface area contributed by atoms with Crippen LogP contribution in [0, 0.1) is 0 Å². The Kier molecular flexibility index (Phi) is 3.05. The molecule has 0 spiro atoms. The second kappa shape index (κ2) is 3.74. The maximum absolute atomic E-state index is 13.4. The molecule has 0 aromatic heterocycles. The quantitative estimate of drug-likeness (QED) is 0.631. The average Bonchev–Trinajstić information content (AvgIpc) is 2.02. The molecule has 1 aliphatic carbocycles. The lowest BCUT2D eigenvalue weighted by Crippen LogP contribution is -2.25. The van der Waals surface area contributed by atoms with E-state index in [9.17, 15) is 17.6 Å². The summed E-state index contributed by atoms with van der Waals surface area (Å²) in [7, 11) is 0. The van der Waals surface area contributed by atoms with Gasteiger partial charge in [-0.15, -0.1) is 0 Å². The van der Waals surface area contributed by atoms with Crippen molar-refractivity contribution in [3.8, 4) is 0 Å². The summed E-state index contributed by atoms with van der Waals surface area (Å²) >= 11 is -0.321. The molecule has 0 heterocycles. The Morgan fingerprint density at radius 1 is 1.31 bits per heavy atom. The van der Waals surface area contributed by atoms with Crippen LogP contribution in [0.25, 0.3) is 0 Å². The molecule has 13 heavy (non-hydrogen) atoms. The molecule has 0 saturated heterocycles. The zero-order chi connectivity index (χ0) is 9.95. The third-order valence-corrected chi connectivity index (χ3v) is 2.53. The maximum Gasteiger partial charge on any atom is 0.441 e. The standard InChI is InChI=1S/C8H8F4S/c9-7(4-2-1-3-5-7)6-13-8(10,11)12/h1-4H,5-6H2. The van der Waals surface area contributed by atoms with Crippen LogP contribution in [0.2, 0.25) is 0 Å². The lowest BCUT2D eigenvalue weighted by Gasteiger charge is -2.21. The molecule has 0 nitrogen and oxygen atoms in total. The van der Waals surface area contributed by atoms with E-state index in [2.05, 4.69) is 0 Å². The smallest absolute Gasteiger partial charge is 0.238 e. The van der Waals surface area contributed by atoms with Crippen molar-refractivity contribution < 1.29 is 17.6 Å². The van der Waals surface area contributed by atoms with Crippen LogP contribution in [-0.2, 0) is 0 Å². The van der Waals surface area contributed by atoms with E-state index >= 15 is 0 Å². The van der Waals surface area contributed by atoms with Gasteiger partial charge >= 0.3 is 5.51 Å². The summed E-state index contributed by atoms with van der Waals surface area (Å²) < 4.78 is 48.6. The first-order valence-corrected chi connectivity index (χ1v) is 4.64. The summed E-state index contributed by atoms with van der Waals surface area (Å²) in [6, 6.07) is 0. The van der Waals surface area contributed by atoms with Gasteiger partial charge in [-0.3, -0.25) is 0 Å². The van der Waals surface area contributed by atoms with Crippen molar-refractivity contribution >= 4 is 11.8 Å². The molecular formula is C8H8F4S. The highest BCUT2D eigenvalue weighted by Gasteiger charge is 2.35. The van der Waals surface area contributed by atoms with Gasteiger partial charge in [-0.2, -0.15) is 13.2 Å². The second-order valence-electron chi connectivity index (χ2n) is 2.76. The molecule has 0 radical (unpaired) electrons. The van der Waals surface area contributed by atoms with E-state index in [1.165, 1.54) is 18.2 Å². The highest BCUT2D eigenvalue weighted by Crippen LogP contribution is 2.36. The summed E-state index contributed by atoms with van der Waals surface area (Å²) in [5.41, 5.74) is -6.19. The fraction of sp³-hybridized carbons (Fsp3) is 0.500.